The second-order valence-corrected chi connectivity index (χ2v) is 5.96. The zero-order chi connectivity index (χ0) is 14.0. The molecular weight excluding hydrogens is 230 g/mol. The first-order valence-corrected chi connectivity index (χ1v) is 6.80. The lowest BCUT2D eigenvalue weighted by Crippen LogP contribution is -2.35. The summed E-state index contributed by atoms with van der Waals surface area (Å²) in [5.41, 5.74) is 12.6. The van der Waals surface area contributed by atoms with Crippen molar-refractivity contribution in [1.82, 2.24) is 0 Å². The van der Waals surface area contributed by atoms with Gasteiger partial charge in [0.25, 0.3) is 0 Å². The van der Waals surface area contributed by atoms with Gasteiger partial charge < -0.3 is 5.73 Å². The lowest BCUT2D eigenvalue weighted by atomic mass is 9.85. The summed E-state index contributed by atoms with van der Waals surface area (Å²) in [6.45, 7) is 8.48. The Bertz CT molecular complexity index is 544. The van der Waals surface area contributed by atoms with Gasteiger partial charge in [0.2, 0.25) is 0 Å². The van der Waals surface area contributed by atoms with Gasteiger partial charge in [-0.3, -0.25) is 0 Å². The molecule has 0 aromatic heterocycles. The minimum atomic E-state index is -0.325. The van der Waals surface area contributed by atoms with Gasteiger partial charge in [-0.2, -0.15) is 0 Å². The minimum Gasteiger partial charge on any atom is -0.321 e. The predicted molar refractivity (Wildman–Crippen MR) is 82.3 cm³/mol. The average Bonchev–Trinajstić information content (AvgIpc) is 2.27. The normalized spacial score (nSPS) is 14.2. The van der Waals surface area contributed by atoms with E-state index in [-0.39, 0.29) is 5.54 Å². The molecule has 1 heteroatoms. The molecule has 19 heavy (non-hydrogen) atoms. The lowest BCUT2D eigenvalue weighted by molar-refractivity contribution is 0.491. The van der Waals surface area contributed by atoms with Crippen LogP contribution < -0.4 is 5.73 Å². The molecule has 1 nitrogen and oxygen atoms in total. The van der Waals surface area contributed by atoms with Gasteiger partial charge in [-0.05, 0) is 45.2 Å². The SMILES string of the molecule is Cc1ccc(C(C)(N)Cc2cc(C)cc(C)c2)cc1. The monoisotopic (exact) mass is 253 g/mol. The van der Waals surface area contributed by atoms with Crippen LogP contribution in [0, 0.1) is 20.8 Å². The maximum absolute atomic E-state index is 6.52. The van der Waals surface area contributed by atoms with Crippen molar-refractivity contribution in [3.05, 3.63) is 70.3 Å². The first-order valence-electron chi connectivity index (χ1n) is 6.80. The van der Waals surface area contributed by atoms with E-state index < -0.39 is 0 Å². The fourth-order valence-corrected chi connectivity index (χ4v) is 2.63. The molecule has 0 heterocycles. The summed E-state index contributed by atoms with van der Waals surface area (Å²) in [6, 6.07) is 15.2. The topological polar surface area (TPSA) is 26.0 Å². The highest BCUT2D eigenvalue weighted by atomic mass is 14.7. The van der Waals surface area contributed by atoms with E-state index in [2.05, 4.69) is 70.2 Å². The second-order valence-electron chi connectivity index (χ2n) is 5.96. The minimum absolute atomic E-state index is 0.325. The molecule has 0 saturated heterocycles. The largest absolute Gasteiger partial charge is 0.321 e. The summed E-state index contributed by atoms with van der Waals surface area (Å²) in [6.07, 6.45) is 0.860. The maximum Gasteiger partial charge on any atom is 0.0421 e. The molecule has 0 aliphatic carbocycles. The van der Waals surface area contributed by atoms with Gasteiger partial charge in [0.15, 0.2) is 0 Å². The number of benzene rings is 2. The second kappa shape index (κ2) is 5.18. The molecule has 0 bridgehead atoms. The number of hydrogen-bond acceptors (Lipinski definition) is 1. The summed E-state index contributed by atoms with van der Waals surface area (Å²) in [7, 11) is 0. The van der Waals surface area contributed by atoms with Crippen molar-refractivity contribution in [2.75, 3.05) is 0 Å². The molecule has 100 valence electrons. The molecule has 0 aliphatic heterocycles. The Kier molecular flexibility index (Phi) is 3.77. The van der Waals surface area contributed by atoms with Crippen molar-refractivity contribution in [2.45, 2.75) is 39.7 Å². The van der Waals surface area contributed by atoms with E-state index in [1.165, 1.54) is 27.8 Å². The van der Waals surface area contributed by atoms with E-state index in [1.54, 1.807) is 0 Å². The first kappa shape index (κ1) is 13.8. The van der Waals surface area contributed by atoms with Gasteiger partial charge in [0.1, 0.15) is 0 Å². The van der Waals surface area contributed by atoms with E-state index in [9.17, 15) is 0 Å². The van der Waals surface area contributed by atoms with Crippen molar-refractivity contribution in [1.29, 1.82) is 0 Å². The van der Waals surface area contributed by atoms with Crippen LogP contribution in [0.3, 0.4) is 0 Å². The van der Waals surface area contributed by atoms with Gasteiger partial charge in [-0.15, -0.1) is 0 Å². The summed E-state index contributed by atoms with van der Waals surface area (Å²) in [5, 5.41) is 0. The van der Waals surface area contributed by atoms with Gasteiger partial charge in [0, 0.05) is 5.54 Å². The van der Waals surface area contributed by atoms with E-state index in [1.807, 2.05) is 0 Å². The van der Waals surface area contributed by atoms with Crippen LogP contribution >= 0.6 is 0 Å². The first-order chi connectivity index (χ1) is 8.87. The standard InChI is InChI=1S/C18H23N/c1-13-5-7-17(8-6-13)18(4,19)12-16-10-14(2)9-15(3)11-16/h5-11H,12,19H2,1-4H3. The van der Waals surface area contributed by atoms with E-state index in [0.717, 1.165) is 6.42 Å². The summed E-state index contributed by atoms with van der Waals surface area (Å²) in [5.74, 6) is 0. The molecule has 0 fully saturated rings. The third kappa shape index (κ3) is 3.45. The lowest BCUT2D eigenvalue weighted by Gasteiger charge is -2.26. The highest BCUT2D eigenvalue weighted by molar-refractivity contribution is 5.33. The molecule has 2 N–H and O–H groups in total. The molecule has 1 unspecified atom stereocenters. The van der Waals surface area contributed by atoms with Crippen molar-refractivity contribution in [3.8, 4) is 0 Å². The van der Waals surface area contributed by atoms with Crippen LogP contribution in [-0.4, -0.2) is 0 Å². The highest BCUT2D eigenvalue weighted by Gasteiger charge is 2.21. The molecule has 0 radical (unpaired) electrons. The number of aryl methyl sites for hydroxylation is 3. The fraction of sp³-hybridized carbons (Fsp3) is 0.333. The van der Waals surface area contributed by atoms with E-state index in [4.69, 9.17) is 5.73 Å². The third-order valence-corrected chi connectivity index (χ3v) is 3.56. The van der Waals surface area contributed by atoms with Crippen molar-refractivity contribution in [3.63, 3.8) is 0 Å². The fourth-order valence-electron chi connectivity index (χ4n) is 2.63. The van der Waals surface area contributed by atoms with E-state index in [0.29, 0.717) is 0 Å². The molecular formula is C18H23N. The Morgan fingerprint density at radius 2 is 1.37 bits per heavy atom. The van der Waals surface area contributed by atoms with Crippen molar-refractivity contribution in [2.24, 2.45) is 5.73 Å². The molecule has 0 spiro atoms. The Balaban J connectivity index is 2.27. The van der Waals surface area contributed by atoms with Gasteiger partial charge in [0.05, 0.1) is 0 Å². The number of nitrogens with two attached hydrogens (primary N) is 1. The number of hydrogen-bond donors (Lipinski definition) is 1. The zero-order valence-electron chi connectivity index (χ0n) is 12.3. The van der Waals surface area contributed by atoms with Crippen LogP contribution in [0.5, 0.6) is 0 Å². The van der Waals surface area contributed by atoms with Gasteiger partial charge in [-0.25, -0.2) is 0 Å². The zero-order valence-corrected chi connectivity index (χ0v) is 12.3. The van der Waals surface area contributed by atoms with Crippen LogP contribution in [0.25, 0.3) is 0 Å². The Hall–Kier alpha value is -1.60. The molecule has 0 saturated carbocycles. The summed E-state index contributed by atoms with van der Waals surface area (Å²) >= 11 is 0. The quantitative estimate of drug-likeness (QED) is 0.878. The maximum atomic E-state index is 6.52. The molecule has 2 rings (SSSR count). The molecule has 0 amide bonds. The highest BCUT2D eigenvalue weighted by Crippen LogP contribution is 2.24. The third-order valence-electron chi connectivity index (χ3n) is 3.56. The van der Waals surface area contributed by atoms with Crippen LogP contribution in [0.15, 0.2) is 42.5 Å². The Morgan fingerprint density at radius 1 is 0.842 bits per heavy atom. The Morgan fingerprint density at radius 3 is 1.89 bits per heavy atom. The Labute approximate surface area is 116 Å². The van der Waals surface area contributed by atoms with Crippen molar-refractivity contribution < 1.29 is 0 Å². The van der Waals surface area contributed by atoms with Crippen LogP contribution in [-0.2, 0) is 12.0 Å². The van der Waals surface area contributed by atoms with Crippen LogP contribution in [0.1, 0.15) is 34.7 Å². The molecule has 2 aromatic rings. The smallest absolute Gasteiger partial charge is 0.0421 e. The average molecular weight is 253 g/mol. The molecule has 1 atom stereocenters. The molecule has 2 aromatic carbocycles. The summed E-state index contributed by atoms with van der Waals surface area (Å²) in [4.78, 5) is 0. The molecule has 0 aliphatic rings. The van der Waals surface area contributed by atoms with Crippen LogP contribution in [0.4, 0.5) is 0 Å². The van der Waals surface area contributed by atoms with Gasteiger partial charge in [-0.1, -0.05) is 59.2 Å². The van der Waals surface area contributed by atoms with Gasteiger partial charge >= 0.3 is 0 Å². The van der Waals surface area contributed by atoms with Crippen molar-refractivity contribution >= 4 is 0 Å². The van der Waals surface area contributed by atoms with Crippen LogP contribution in [0.2, 0.25) is 0 Å². The predicted octanol–water partition coefficient (Wildman–Crippen LogP) is 4.03. The number of rotatable bonds is 3. The van der Waals surface area contributed by atoms with E-state index >= 15 is 0 Å². The summed E-state index contributed by atoms with van der Waals surface area (Å²) < 4.78 is 0.